The number of nitrogens with zero attached hydrogens (tertiary/aromatic N) is 3. The van der Waals surface area contributed by atoms with Crippen molar-refractivity contribution in [2.75, 3.05) is 32.7 Å². The second-order valence-corrected chi connectivity index (χ2v) is 5.94. The number of aliphatic hydroxyl groups is 1. The number of carbonyl (C=O) groups excluding carboxylic acids is 1. The lowest BCUT2D eigenvalue weighted by molar-refractivity contribution is -0.133. The number of rotatable bonds is 5. The van der Waals surface area contributed by atoms with Crippen LogP contribution in [0, 0.1) is 0 Å². The Morgan fingerprint density at radius 1 is 1.47 bits per heavy atom. The van der Waals surface area contributed by atoms with Crippen molar-refractivity contribution in [3.05, 3.63) is 16.6 Å². The maximum Gasteiger partial charge on any atom is 0.223 e. The Kier molecular flexibility index (Phi) is 5.30. The third-order valence-corrected chi connectivity index (χ3v) is 4.12. The number of thiazole rings is 1. The van der Waals surface area contributed by atoms with Crippen LogP contribution in [0.4, 0.5) is 0 Å². The molecule has 2 heterocycles. The molecule has 1 aliphatic rings. The molecule has 106 valence electrons. The van der Waals surface area contributed by atoms with E-state index in [1.54, 1.807) is 24.5 Å². The minimum atomic E-state index is -0.299. The third-order valence-electron chi connectivity index (χ3n) is 3.28. The van der Waals surface area contributed by atoms with Gasteiger partial charge in [-0.3, -0.25) is 9.69 Å². The molecule has 0 unspecified atom stereocenters. The van der Waals surface area contributed by atoms with Gasteiger partial charge in [0, 0.05) is 57.1 Å². The van der Waals surface area contributed by atoms with Gasteiger partial charge in [0.15, 0.2) is 0 Å². The van der Waals surface area contributed by atoms with Crippen LogP contribution in [0.1, 0.15) is 18.4 Å². The van der Waals surface area contributed by atoms with Crippen molar-refractivity contribution in [3.63, 3.8) is 0 Å². The fraction of sp³-hybridized carbons (Fsp3) is 0.692. The number of hydrogen-bond acceptors (Lipinski definition) is 5. The highest BCUT2D eigenvalue weighted by atomic mass is 32.1. The van der Waals surface area contributed by atoms with Gasteiger partial charge in [-0.05, 0) is 6.92 Å². The van der Waals surface area contributed by atoms with Gasteiger partial charge in [-0.15, -0.1) is 11.3 Å². The van der Waals surface area contributed by atoms with Crippen molar-refractivity contribution in [3.8, 4) is 0 Å². The summed E-state index contributed by atoms with van der Waals surface area (Å²) >= 11 is 1.60. The highest BCUT2D eigenvalue weighted by Crippen LogP contribution is 2.10. The van der Waals surface area contributed by atoms with E-state index in [1.807, 2.05) is 10.3 Å². The highest BCUT2D eigenvalue weighted by Gasteiger charge is 2.21. The van der Waals surface area contributed by atoms with Gasteiger partial charge in [0.1, 0.15) is 0 Å². The van der Waals surface area contributed by atoms with Crippen molar-refractivity contribution < 1.29 is 9.90 Å². The zero-order valence-corrected chi connectivity index (χ0v) is 12.1. The van der Waals surface area contributed by atoms with Gasteiger partial charge in [0.2, 0.25) is 5.91 Å². The summed E-state index contributed by atoms with van der Waals surface area (Å²) in [7, 11) is 0. The molecule has 1 N–H and O–H groups in total. The fourth-order valence-corrected chi connectivity index (χ4v) is 2.92. The van der Waals surface area contributed by atoms with E-state index in [4.69, 9.17) is 0 Å². The van der Waals surface area contributed by atoms with Crippen LogP contribution in [0.15, 0.2) is 11.6 Å². The molecule has 1 saturated heterocycles. The average molecular weight is 283 g/mol. The number of hydrogen-bond donors (Lipinski definition) is 1. The Hall–Kier alpha value is -0.980. The number of β-amino-alcohol motifs (C(OH)–C–C–N with tert-alkyl or cyclic N) is 1. The number of aromatic nitrogens is 1. The number of piperazine rings is 1. The van der Waals surface area contributed by atoms with Crippen molar-refractivity contribution in [1.82, 2.24) is 14.8 Å². The molecule has 5 nitrogen and oxygen atoms in total. The van der Waals surface area contributed by atoms with Crippen LogP contribution >= 0.6 is 11.3 Å². The number of carbonyl (C=O) groups is 1. The Morgan fingerprint density at radius 2 is 2.21 bits per heavy atom. The number of aryl methyl sites for hydroxylation is 1. The zero-order valence-electron chi connectivity index (χ0n) is 11.3. The largest absolute Gasteiger partial charge is 0.392 e. The van der Waals surface area contributed by atoms with Crippen molar-refractivity contribution in [2.45, 2.75) is 25.9 Å². The molecular weight excluding hydrogens is 262 g/mol. The van der Waals surface area contributed by atoms with E-state index in [0.717, 1.165) is 37.6 Å². The molecule has 0 spiro atoms. The molecule has 1 amide bonds. The minimum absolute atomic E-state index is 0.215. The van der Waals surface area contributed by atoms with Gasteiger partial charge in [0.05, 0.1) is 11.1 Å². The van der Waals surface area contributed by atoms with E-state index in [1.165, 1.54) is 0 Å². The van der Waals surface area contributed by atoms with E-state index in [9.17, 15) is 9.90 Å². The normalized spacial score (nSPS) is 18.5. The van der Waals surface area contributed by atoms with Crippen LogP contribution < -0.4 is 0 Å². The molecule has 1 aromatic heterocycles. The summed E-state index contributed by atoms with van der Waals surface area (Å²) in [6.07, 6.45) is 2.76. The van der Waals surface area contributed by atoms with Gasteiger partial charge in [-0.2, -0.15) is 0 Å². The van der Waals surface area contributed by atoms with Gasteiger partial charge < -0.3 is 10.0 Å². The molecule has 2 rings (SSSR count). The van der Waals surface area contributed by atoms with Crippen LogP contribution in [-0.4, -0.2) is 64.6 Å². The Bertz CT molecular complexity index is 387. The van der Waals surface area contributed by atoms with Gasteiger partial charge >= 0.3 is 0 Å². The summed E-state index contributed by atoms with van der Waals surface area (Å²) in [5, 5.41) is 12.3. The van der Waals surface area contributed by atoms with Gasteiger partial charge in [0.25, 0.3) is 0 Å². The molecule has 1 aromatic rings. The Balaban J connectivity index is 1.70. The first kappa shape index (κ1) is 14.4. The molecule has 1 aliphatic heterocycles. The van der Waals surface area contributed by atoms with Gasteiger partial charge in [-0.1, -0.05) is 0 Å². The van der Waals surface area contributed by atoms with E-state index in [0.29, 0.717) is 13.0 Å². The van der Waals surface area contributed by atoms with Crippen molar-refractivity contribution >= 4 is 17.2 Å². The monoisotopic (exact) mass is 283 g/mol. The van der Waals surface area contributed by atoms with Crippen LogP contribution in [0.2, 0.25) is 0 Å². The second kappa shape index (κ2) is 6.98. The van der Waals surface area contributed by atoms with Crippen LogP contribution in [-0.2, 0) is 11.2 Å². The molecule has 0 radical (unpaired) electrons. The third kappa shape index (κ3) is 4.56. The van der Waals surface area contributed by atoms with Crippen molar-refractivity contribution in [2.24, 2.45) is 0 Å². The molecule has 6 heteroatoms. The molecule has 0 aliphatic carbocycles. The minimum Gasteiger partial charge on any atom is -0.392 e. The van der Waals surface area contributed by atoms with E-state index in [2.05, 4.69) is 9.88 Å². The molecule has 0 saturated carbocycles. The van der Waals surface area contributed by atoms with Crippen LogP contribution in [0.3, 0.4) is 0 Å². The maximum atomic E-state index is 12.1. The maximum absolute atomic E-state index is 12.1. The van der Waals surface area contributed by atoms with Gasteiger partial charge in [-0.25, -0.2) is 4.98 Å². The summed E-state index contributed by atoms with van der Waals surface area (Å²) in [6.45, 7) is 5.74. The predicted molar refractivity (Wildman–Crippen MR) is 75.1 cm³/mol. The van der Waals surface area contributed by atoms with Crippen molar-refractivity contribution in [1.29, 1.82) is 0 Å². The first-order valence-corrected chi connectivity index (χ1v) is 7.59. The summed E-state index contributed by atoms with van der Waals surface area (Å²) < 4.78 is 0. The molecule has 0 aromatic carbocycles. The standard InChI is InChI=1S/C13H21N3O2S/c1-11(17)10-15-5-7-16(8-6-15)13(18)3-2-12-14-4-9-19-12/h4,9,11,17H,2-3,5-8,10H2,1H3/t11-/m1/s1. The van der Waals surface area contributed by atoms with E-state index >= 15 is 0 Å². The number of aliphatic hydroxyl groups excluding tert-OH is 1. The highest BCUT2D eigenvalue weighted by molar-refractivity contribution is 7.09. The predicted octanol–water partition coefficient (Wildman–Crippen LogP) is 0.601. The first-order valence-electron chi connectivity index (χ1n) is 6.71. The molecular formula is C13H21N3O2S. The second-order valence-electron chi connectivity index (χ2n) is 4.96. The Morgan fingerprint density at radius 3 is 2.79 bits per heavy atom. The zero-order chi connectivity index (χ0) is 13.7. The summed E-state index contributed by atoms with van der Waals surface area (Å²) in [4.78, 5) is 20.4. The smallest absolute Gasteiger partial charge is 0.223 e. The molecule has 1 atom stereocenters. The van der Waals surface area contributed by atoms with Crippen LogP contribution in [0.5, 0.6) is 0 Å². The fourth-order valence-electron chi connectivity index (χ4n) is 2.30. The molecule has 0 bridgehead atoms. The van der Waals surface area contributed by atoms with E-state index < -0.39 is 0 Å². The lowest BCUT2D eigenvalue weighted by Gasteiger charge is -2.35. The average Bonchev–Trinajstić information content (AvgIpc) is 2.89. The summed E-state index contributed by atoms with van der Waals surface area (Å²) in [5.74, 6) is 0.215. The number of amides is 1. The summed E-state index contributed by atoms with van der Waals surface area (Å²) in [5.41, 5.74) is 0. The molecule has 1 fully saturated rings. The van der Waals surface area contributed by atoms with E-state index in [-0.39, 0.29) is 12.0 Å². The SMILES string of the molecule is C[C@@H](O)CN1CCN(C(=O)CCc2nccs2)CC1. The topological polar surface area (TPSA) is 56.7 Å². The first-order chi connectivity index (χ1) is 9.15. The quantitative estimate of drug-likeness (QED) is 0.860. The van der Waals surface area contributed by atoms with Crippen LogP contribution in [0.25, 0.3) is 0 Å². The lowest BCUT2D eigenvalue weighted by Crippen LogP contribution is -2.50. The lowest BCUT2D eigenvalue weighted by atomic mass is 10.2. The molecule has 19 heavy (non-hydrogen) atoms. The Labute approximate surface area is 117 Å². The summed E-state index contributed by atoms with van der Waals surface area (Å²) in [6, 6.07) is 0.